The Balaban J connectivity index is 3.41. The molecule has 0 radical (unpaired) electrons. The largest absolute Gasteiger partial charge is 0.394 e. The van der Waals surface area contributed by atoms with Crippen molar-refractivity contribution in [2.75, 3.05) is 6.61 Å². The first-order chi connectivity index (χ1) is 31.2. The third kappa shape index (κ3) is 52.0. The molecule has 4 nitrogen and oxygen atoms in total. The van der Waals surface area contributed by atoms with Gasteiger partial charge in [0.05, 0.1) is 18.8 Å². The monoisotopic (exact) mass is 888 g/mol. The summed E-state index contributed by atoms with van der Waals surface area (Å²) in [5.41, 5.74) is 0. The topological polar surface area (TPSA) is 69.6 Å². The predicted molar refractivity (Wildman–Crippen MR) is 281 cm³/mol. The van der Waals surface area contributed by atoms with E-state index in [1.807, 2.05) is 0 Å². The van der Waals surface area contributed by atoms with Crippen LogP contribution in [0, 0.1) is 0 Å². The van der Waals surface area contributed by atoms with Gasteiger partial charge in [-0.05, 0) is 38.5 Å². The zero-order chi connectivity index (χ0) is 45.6. The summed E-state index contributed by atoms with van der Waals surface area (Å²) in [7, 11) is 0. The Morgan fingerprint density at radius 3 is 0.873 bits per heavy atom. The summed E-state index contributed by atoms with van der Waals surface area (Å²) >= 11 is 0. The van der Waals surface area contributed by atoms with Crippen molar-refractivity contribution in [2.24, 2.45) is 0 Å². The van der Waals surface area contributed by atoms with Crippen LogP contribution in [0.5, 0.6) is 0 Å². The average molecular weight is 889 g/mol. The number of allylic oxidation sites excluding steroid dienone is 2. The maximum atomic E-state index is 12.5. The van der Waals surface area contributed by atoms with Gasteiger partial charge in [0.15, 0.2) is 0 Å². The number of nitrogens with one attached hydrogen (secondary N) is 1. The summed E-state index contributed by atoms with van der Waals surface area (Å²) in [4.78, 5) is 12.5. The van der Waals surface area contributed by atoms with Gasteiger partial charge in [-0.1, -0.05) is 309 Å². The Kier molecular flexibility index (Phi) is 54.7. The van der Waals surface area contributed by atoms with Gasteiger partial charge in [0.25, 0.3) is 0 Å². The van der Waals surface area contributed by atoms with Gasteiger partial charge in [-0.25, -0.2) is 0 Å². The molecule has 0 rings (SSSR count). The molecule has 2 atom stereocenters. The minimum absolute atomic E-state index is 0.0255. The fourth-order valence-electron chi connectivity index (χ4n) is 9.54. The number of rotatable bonds is 55. The molecule has 0 saturated carbocycles. The third-order valence-electron chi connectivity index (χ3n) is 14.0. The van der Waals surface area contributed by atoms with Gasteiger partial charge in [-0.3, -0.25) is 4.79 Å². The number of hydrogen-bond donors (Lipinski definition) is 3. The summed E-state index contributed by atoms with van der Waals surface area (Å²) in [6.45, 7) is 4.40. The van der Waals surface area contributed by atoms with Gasteiger partial charge in [0.1, 0.15) is 0 Å². The van der Waals surface area contributed by atoms with Crippen LogP contribution in [0.25, 0.3) is 0 Å². The number of carbonyl (C=O) groups is 1. The SMILES string of the molecule is CCCCCCCCCC/C=C\CCCCCCCCCCCCCC(=O)NC(CO)C(O)CCCCCCCCCCCCCCCCCCCCCCCCCCCCCC. The lowest BCUT2D eigenvalue weighted by Gasteiger charge is -2.22. The Hall–Kier alpha value is -0.870. The van der Waals surface area contributed by atoms with Crippen molar-refractivity contribution in [1.29, 1.82) is 0 Å². The van der Waals surface area contributed by atoms with Crippen LogP contribution in [0.4, 0.5) is 0 Å². The van der Waals surface area contributed by atoms with Crippen molar-refractivity contribution in [1.82, 2.24) is 5.32 Å². The van der Waals surface area contributed by atoms with Gasteiger partial charge in [-0.15, -0.1) is 0 Å². The molecule has 0 aromatic heterocycles. The number of carbonyl (C=O) groups excluding carboxylic acids is 1. The van der Waals surface area contributed by atoms with Crippen LogP contribution in [0.2, 0.25) is 0 Å². The molecule has 0 aromatic rings. The zero-order valence-electron chi connectivity index (χ0n) is 43.4. The molecule has 4 heteroatoms. The maximum absolute atomic E-state index is 12.5. The minimum atomic E-state index is -0.658. The molecule has 0 heterocycles. The first-order valence-corrected chi connectivity index (χ1v) is 29.4. The quantitative estimate of drug-likeness (QED) is 0.0421. The smallest absolute Gasteiger partial charge is 0.220 e. The molecular weight excluding hydrogens is 771 g/mol. The number of aliphatic hydroxyl groups is 2. The van der Waals surface area contributed by atoms with Crippen LogP contribution in [0.3, 0.4) is 0 Å². The first kappa shape index (κ1) is 62.1. The average Bonchev–Trinajstić information content (AvgIpc) is 3.29. The van der Waals surface area contributed by atoms with Crippen molar-refractivity contribution in [3.63, 3.8) is 0 Å². The second-order valence-electron chi connectivity index (χ2n) is 20.4. The highest BCUT2D eigenvalue weighted by molar-refractivity contribution is 5.76. The number of hydrogen-bond acceptors (Lipinski definition) is 3. The van der Waals surface area contributed by atoms with E-state index in [2.05, 4.69) is 31.3 Å². The van der Waals surface area contributed by atoms with E-state index in [9.17, 15) is 15.0 Å². The van der Waals surface area contributed by atoms with Crippen LogP contribution in [0.15, 0.2) is 12.2 Å². The fraction of sp³-hybridized carbons (Fsp3) is 0.949. The lowest BCUT2D eigenvalue weighted by atomic mass is 10.0. The molecule has 0 spiro atoms. The summed E-state index contributed by atoms with van der Waals surface area (Å²) in [5.74, 6) is -0.0255. The van der Waals surface area contributed by atoms with Gasteiger partial charge in [-0.2, -0.15) is 0 Å². The van der Waals surface area contributed by atoms with E-state index >= 15 is 0 Å². The van der Waals surface area contributed by atoms with Crippen molar-refractivity contribution in [3.8, 4) is 0 Å². The molecule has 0 bridgehead atoms. The first-order valence-electron chi connectivity index (χ1n) is 29.4. The van der Waals surface area contributed by atoms with E-state index < -0.39 is 12.1 Å². The summed E-state index contributed by atoms with van der Waals surface area (Å²) in [6, 6.07) is -0.535. The van der Waals surface area contributed by atoms with Crippen LogP contribution in [0.1, 0.15) is 341 Å². The van der Waals surface area contributed by atoms with E-state index in [1.165, 1.54) is 289 Å². The predicted octanol–water partition coefficient (Wildman–Crippen LogP) is 19.3. The van der Waals surface area contributed by atoms with E-state index in [-0.39, 0.29) is 12.5 Å². The molecule has 2 unspecified atom stereocenters. The maximum Gasteiger partial charge on any atom is 0.220 e. The second kappa shape index (κ2) is 55.5. The second-order valence-corrected chi connectivity index (χ2v) is 20.4. The van der Waals surface area contributed by atoms with Gasteiger partial charge in [0.2, 0.25) is 5.91 Å². The van der Waals surface area contributed by atoms with Crippen molar-refractivity contribution in [3.05, 3.63) is 12.2 Å². The number of unbranched alkanes of at least 4 members (excludes halogenated alkanes) is 46. The Morgan fingerprint density at radius 1 is 0.365 bits per heavy atom. The van der Waals surface area contributed by atoms with E-state index in [0.717, 1.165) is 25.7 Å². The molecule has 0 aliphatic heterocycles. The molecule has 0 aromatic carbocycles. The molecule has 63 heavy (non-hydrogen) atoms. The van der Waals surface area contributed by atoms with Crippen molar-refractivity contribution >= 4 is 5.91 Å². The zero-order valence-corrected chi connectivity index (χ0v) is 43.4. The van der Waals surface area contributed by atoms with Crippen molar-refractivity contribution < 1.29 is 15.0 Å². The van der Waals surface area contributed by atoms with Gasteiger partial charge in [0, 0.05) is 6.42 Å². The molecule has 0 aliphatic carbocycles. The lowest BCUT2D eigenvalue weighted by Crippen LogP contribution is -2.45. The third-order valence-corrected chi connectivity index (χ3v) is 14.0. The van der Waals surface area contributed by atoms with Crippen LogP contribution >= 0.6 is 0 Å². The van der Waals surface area contributed by atoms with E-state index in [1.54, 1.807) is 0 Å². The molecule has 0 fully saturated rings. The van der Waals surface area contributed by atoms with Crippen molar-refractivity contribution in [2.45, 2.75) is 353 Å². The highest BCUT2D eigenvalue weighted by Crippen LogP contribution is 2.18. The normalized spacial score (nSPS) is 12.8. The summed E-state index contributed by atoms with van der Waals surface area (Å²) in [5, 5.41) is 23.4. The van der Waals surface area contributed by atoms with E-state index in [0.29, 0.717) is 12.8 Å². The number of aliphatic hydroxyl groups excluding tert-OH is 2. The highest BCUT2D eigenvalue weighted by atomic mass is 16.3. The Morgan fingerprint density at radius 2 is 0.603 bits per heavy atom. The summed E-state index contributed by atoms with van der Waals surface area (Å²) < 4.78 is 0. The van der Waals surface area contributed by atoms with Gasteiger partial charge < -0.3 is 15.5 Å². The van der Waals surface area contributed by atoms with Crippen LogP contribution in [-0.4, -0.2) is 34.9 Å². The molecule has 0 saturated heterocycles. The molecule has 3 N–H and O–H groups in total. The standard InChI is InChI=1S/C59H117NO3/c1-3-5-7-9-11-13-15-17-19-21-23-25-27-28-29-30-31-33-34-36-38-40-42-44-46-48-50-52-54-58(62)57(56-61)60-59(63)55-53-51-49-47-45-43-41-39-37-35-32-26-24-22-20-18-16-14-12-10-8-6-4-2/h22,24,57-58,61-62H,3-21,23,25-56H2,1-2H3,(H,60,63)/b24-22-. The molecule has 1 amide bonds. The molecule has 0 aliphatic rings. The summed E-state index contributed by atoms with van der Waals surface area (Å²) in [6.07, 6.45) is 72.1. The highest BCUT2D eigenvalue weighted by Gasteiger charge is 2.20. The Labute approximate surface area is 397 Å². The molecule has 376 valence electrons. The Bertz CT molecular complexity index is 875. The lowest BCUT2D eigenvalue weighted by molar-refractivity contribution is -0.123. The van der Waals surface area contributed by atoms with Gasteiger partial charge >= 0.3 is 0 Å². The minimum Gasteiger partial charge on any atom is -0.394 e. The van der Waals surface area contributed by atoms with Crippen LogP contribution < -0.4 is 5.32 Å². The van der Waals surface area contributed by atoms with Crippen LogP contribution in [-0.2, 0) is 4.79 Å². The number of amides is 1. The van der Waals surface area contributed by atoms with E-state index in [4.69, 9.17) is 0 Å². The molecular formula is C59H117NO3. The fourth-order valence-corrected chi connectivity index (χ4v) is 9.54.